The van der Waals surface area contributed by atoms with Gasteiger partial charge >= 0.3 is 11.8 Å². The molecule has 0 radical (unpaired) electrons. The Morgan fingerprint density at radius 2 is 1.83 bits per heavy atom. The van der Waals surface area contributed by atoms with Crippen molar-refractivity contribution < 1.29 is 22.7 Å². The van der Waals surface area contributed by atoms with Crippen molar-refractivity contribution in [2.24, 2.45) is 0 Å². The van der Waals surface area contributed by atoms with Gasteiger partial charge in [0.25, 0.3) is 0 Å². The standard InChI is InChI=1S/C20H29N3O5S/c1-14-7-8-15(2)18(11-14)29(26,27)23-9-3-5-16(23)12-21-19(24)20(25)22-13-17-6-4-10-28-17/h7-8,11,16-17H,3-6,9-10,12-13H2,1-2H3,(H,21,24)(H,22,25)/t16-,17+/m1/s1. The highest BCUT2D eigenvalue weighted by atomic mass is 32.2. The molecular weight excluding hydrogens is 394 g/mol. The van der Waals surface area contributed by atoms with E-state index in [1.54, 1.807) is 19.1 Å². The lowest BCUT2D eigenvalue weighted by molar-refractivity contribution is -0.139. The van der Waals surface area contributed by atoms with Crippen LogP contribution in [0.3, 0.4) is 0 Å². The van der Waals surface area contributed by atoms with E-state index in [0.717, 1.165) is 24.8 Å². The van der Waals surface area contributed by atoms with Crippen LogP contribution in [0.1, 0.15) is 36.8 Å². The lowest BCUT2D eigenvalue weighted by atomic mass is 10.2. The van der Waals surface area contributed by atoms with Gasteiger partial charge < -0.3 is 15.4 Å². The molecule has 29 heavy (non-hydrogen) atoms. The fourth-order valence-corrected chi connectivity index (χ4v) is 5.83. The average molecular weight is 424 g/mol. The first-order valence-electron chi connectivity index (χ1n) is 10.1. The molecule has 0 unspecified atom stereocenters. The molecule has 2 aliphatic heterocycles. The highest BCUT2D eigenvalue weighted by Crippen LogP contribution is 2.28. The molecule has 0 spiro atoms. The molecule has 3 rings (SSSR count). The van der Waals surface area contributed by atoms with Gasteiger partial charge in [0.15, 0.2) is 0 Å². The van der Waals surface area contributed by atoms with Crippen LogP contribution in [0.4, 0.5) is 0 Å². The molecule has 2 amide bonds. The molecule has 2 N–H and O–H groups in total. The van der Waals surface area contributed by atoms with Gasteiger partial charge in [0.1, 0.15) is 0 Å². The minimum Gasteiger partial charge on any atom is -0.376 e. The first-order valence-corrected chi connectivity index (χ1v) is 11.5. The Bertz CT molecular complexity index is 865. The number of sulfonamides is 1. The molecule has 1 aromatic carbocycles. The van der Waals surface area contributed by atoms with Crippen LogP contribution < -0.4 is 10.6 Å². The summed E-state index contributed by atoms with van der Waals surface area (Å²) in [4.78, 5) is 24.4. The van der Waals surface area contributed by atoms with Crippen LogP contribution >= 0.6 is 0 Å². The van der Waals surface area contributed by atoms with Gasteiger partial charge in [-0.2, -0.15) is 4.31 Å². The van der Waals surface area contributed by atoms with Gasteiger partial charge in [0, 0.05) is 32.3 Å². The van der Waals surface area contributed by atoms with Crippen LogP contribution in [-0.2, 0) is 24.3 Å². The molecule has 1 aromatic rings. The fraction of sp³-hybridized carbons (Fsp3) is 0.600. The molecule has 2 aliphatic rings. The second-order valence-electron chi connectivity index (χ2n) is 7.74. The van der Waals surface area contributed by atoms with Gasteiger partial charge in [-0.15, -0.1) is 0 Å². The number of carbonyl (C=O) groups excluding carboxylic acids is 2. The maximum Gasteiger partial charge on any atom is 0.309 e. The van der Waals surface area contributed by atoms with E-state index in [0.29, 0.717) is 36.6 Å². The molecule has 2 atom stereocenters. The molecule has 2 heterocycles. The zero-order valence-electron chi connectivity index (χ0n) is 16.9. The van der Waals surface area contributed by atoms with Gasteiger partial charge in [0.05, 0.1) is 11.0 Å². The number of carbonyl (C=O) groups is 2. The predicted molar refractivity (Wildman–Crippen MR) is 108 cm³/mol. The van der Waals surface area contributed by atoms with E-state index in [2.05, 4.69) is 10.6 Å². The summed E-state index contributed by atoms with van der Waals surface area (Å²) in [7, 11) is -3.67. The summed E-state index contributed by atoms with van der Waals surface area (Å²) >= 11 is 0. The molecule has 160 valence electrons. The molecule has 2 fully saturated rings. The first kappa shape index (κ1) is 21.7. The third-order valence-corrected chi connectivity index (χ3v) is 7.57. The van der Waals surface area contributed by atoms with Crippen molar-refractivity contribution in [2.45, 2.75) is 56.6 Å². The summed E-state index contributed by atoms with van der Waals surface area (Å²) in [6, 6.07) is 4.99. The Kier molecular flexibility index (Phi) is 6.92. The van der Waals surface area contributed by atoms with Crippen LogP contribution in [0.25, 0.3) is 0 Å². The number of nitrogens with zero attached hydrogens (tertiary/aromatic N) is 1. The first-order chi connectivity index (χ1) is 13.8. The minimum atomic E-state index is -3.67. The lowest BCUT2D eigenvalue weighted by Gasteiger charge is -2.25. The van der Waals surface area contributed by atoms with Crippen LogP contribution in [0.15, 0.2) is 23.1 Å². The predicted octanol–water partition coefficient (Wildman–Crippen LogP) is 0.868. The number of benzene rings is 1. The summed E-state index contributed by atoms with van der Waals surface area (Å²) in [5.74, 6) is -1.47. The van der Waals surface area contributed by atoms with Crippen LogP contribution in [0.2, 0.25) is 0 Å². The number of ether oxygens (including phenoxy) is 1. The summed E-state index contributed by atoms with van der Waals surface area (Å²) in [6.07, 6.45) is 3.14. The lowest BCUT2D eigenvalue weighted by Crippen LogP contribution is -2.47. The molecule has 0 saturated carbocycles. The maximum atomic E-state index is 13.2. The summed E-state index contributed by atoms with van der Waals surface area (Å²) in [6.45, 7) is 5.13. The Morgan fingerprint density at radius 1 is 1.10 bits per heavy atom. The van der Waals surface area contributed by atoms with E-state index in [1.807, 2.05) is 13.0 Å². The monoisotopic (exact) mass is 423 g/mol. The quantitative estimate of drug-likeness (QED) is 0.661. The van der Waals surface area contributed by atoms with Crippen molar-refractivity contribution in [3.63, 3.8) is 0 Å². The van der Waals surface area contributed by atoms with Crippen molar-refractivity contribution in [1.29, 1.82) is 0 Å². The zero-order chi connectivity index (χ0) is 21.0. The largest absolute Gasteiger partial charge is 0.376 e. The number of hydrogen-bond donors (Lipinski definition) is 2. The van der Waals surface area contributed by atoms with E-state index in [4.69, 9.17) is 4.74 Å². The Labute approximate surface area is 172 Å². The molecule has 8 nitrogen and oxygen atoms in total. The third kappa shape index (κ3) is 5.15. The van der Waals surface area contributed by atoms with Gasteiger partial charge in [0.2, 0.25) is 10.0 Å². The Morgan fingerprint density at radius 3 is 2.52 bits per heavy atom. The van der Waals surface area contributed by atoms with Gasteiger partial charge in [-0.25, -0.2) is 8.42 Å². The van der Waals surface area contributed by atoms with Crippen LogP contribution in [0.5, 0.6) is 0 Å². The van der Waals surface area contributed by atoms with Gasteiger partial charge in [-0.05, 0) is 56.7 Å². The highest BCUT2D eigenvalue weighted by Gasteiger charge is 2.36. The summed E-state index contributed by atoms with van der Waals surface area (Å²) < 4.78 is 33.2. The third-order valence-electron chi connectivity index (χ3n) is 5.47. The van der Waals surface area contributed by atoms with E-state index in [-0.39, 0.29) is 18.7 Å². The molecule has 9 heteroatoms. The second kappa shape index (κ2) is 9.23. The maximum absolute atomic E-state index is 13.2. The minimum absolute atomic E-state index is 0.0419. The number of aryl methyl sites for hydroxylation is 2. The zero-order valence-corrected chi connectivity index (χ0v) is 17.8. The highest BCUT2D eigenvalue weighted by molar-refractivity contribution is 7.89. The van der Waals surface area contributed by atoms with Gasteiger partial charge in [-0.1, -0.05) is 12.1 Å². The normalized spacial score (nSPS) is 22.6. The SMILES string of the molecule is Cc1ccc(C)c(S(=O)(=O)N2CCC[C@@H]2CNC(=O)C(=O)NC[C@@H]2CCCO2)c1. The topological polar surface area (TPSA) is 105 Å². The number of rotatable bonds is 6. The molecule has 0 aliphatic carbocycles. The van der Waals surface area contributed by atoms with Crippen molar-refractivity contribution in [2.75, 3.05) is 26.2 Å². The number of hydrogen-bond acceptors (Lipinski definition) is 5. The Balaban J connectivity index is 1.58. The van der Waals surface area contributed by atoms with E-state index < -0.39 is 21.8 Å². The smallest absolute Gasteiger partial charge is 0.309 e. The van der Waals surface area contributed by atoms with E-state index in [9.17, 15) is 18.0 Å². The molecule has 0 aromatic heterocycles. The van der Waals surface area contributed by atoms with Crippen molar-refractivity contribution in [1.82, 2.24) is 14.9 Å². The molecular formula is C20H29N3O5S. The molecule has 0 bridgehead atoms. The van der Waals surface area contributed by atoms with E-state index >= 15 is 0 Å². The summed E-state index contributed by atoms with van der Waals surface area (Å²) in [5.41, 5.74) is 1.57. The fourth-order valence-electron chi connectivity index (χ4n) is 3.82. The Hall–Kier alpha value is -1.97. The van der Waals surface area contributed by atoms with Crippen LogP contribution in [0, 0.1) is 13.8 Å². The van der Waals surface area contributed by atoms with E-state index in [1.165, 1.54) is 4.31 Å². The van der Waals surface area contributed by atoms with Crippen molar-refractivity contribution in [3.05, 3.63) is 29.3 Å². The number of nitrogens with one attached hydrogen (secondary N) is 2. The van der Waals surface area contributed by atoms with Crippen molar-refractivity contribution >= 4 is 21.8 Å². The van der Waals surface area contributed by atoms with Crippen molar-refractivity contribution in [3.8, 4) is 0 Å². The second-order valence-corrected chi connectivity index (χ2v) is 9.59. The number of amides is 2. The average Bonchev–Trinajstić information content (AvgIpc) is 3.37. The van der Waals surface area contributed by atoms with Crippen LogP contribution in [-0.4, -0.2) is 62.9 Å². The molecule has 2 saturated heterocycles. The summed E-state index contributed by atoms with van der Waals surface area (Å²) in [5, 5.41) is 5.15. The van der Waals surface area contributed by atoms with Gasteiger partial charge in [-0.3, -0.25) is 9.59 Å².